The lowest BCUT2D eigenvalue weighted by molar-refractivity contribution is -0.870. The SMILES string of the molecule is C[N+](C)(C)CCOC(=O)CCCCC(=O)ONN=C(N)N. The molecule has 0 aliphatic carbocycles. The smallest absolute Gasteiger partial charge is 0.334 e. The minimum Gasteiger partial charge on any atom is -0.460 e. The molecule has 21 heavy (non-hydrogen) atoms. The van der Waals surface area contributed by atoms with Crippen molar-refractivity contribution in [2.75, 3.05) is 34.3 Å². The maximum Gasteiger partial charge on any atom is 0.334 e. The topological polar surface area (TPSA) is 129 Å². The standard InChI is InChI=1S/C12H26N5O4/c1-17(2,3)8-9-20-10(18)6-4-5-7-11(19)21-16-15-12(13)14/h16H,4-9H2,1-3H3,(H4,13,14,15)/q+1. The van der Waals surface area contributed by atoms with Gasteiger partial charge in [-0.3, -0.25) is 4.79 Å². The molecule has 0 saturated carbocycles. The van der Waals surface area contributed by atoms with Gasteiger partial charge in [-0.05, 0) is 12.8 Å². The van der Waals surface area contributed by atoms with E-state index in [9.17, 15) is 9.59 Å². The molecule has 0 rings (SSSR count). The zero-order valence-corrected chi connectivity index (χ0v) is 12.9. The van der Waals surface area contributed by atoms with Gasteiger partial charge in [0.15, 0.2) is 0 Å². The fraction of sp³-hybridized carbons (Fsp3) is 0.750. The Balaban J connectivity index is 3.55. The van der Waals surface area contributed by atoms with Crippen molar-refractivity contribution in [2.24, 2.45) is 16.6 Å². The monoisotopic (exact) mass is 304 g/mol. The first-order valence-electron chi connectivity index (χ1n) is 6.70. The van der Waals surface area contributed by atoms with Crippen molar-refractivity contribution >= 4 is 17.9 Å². The van der Waals surface area contributed by atoms with Crippen molar-refractivity contribution < 1.29 is 23.6 Å². The molecule has 0 aromatic rings. The van der Waals surface area contributed by atoms with Gasteiger partial charge in [-0.2, -0.15) is 0 Å². The molecule has 0 heterocycles. The zero-order chi connectivity index (χ0) is 16.3. The molecule has 0 fully saturated rings. The van der Waals surface area contributed by atoms with E-state index in [-0.39, 0.29) is 24.8 Å². The number of quaternary nitrogens is 1. The second-order valence-electron chi connectivity index (χ2n) is 5.54. The molecular formula is C12H26N5O4+. The molecule has 9 heteroatoms. The van der Waals surface area contributed by atoms with Gasteiger partial charge in [0, 0.05) is 12.8 Å². The van der Waals surface area contributed by atoms with E-state index in [1.807, 2.05) is 26.7 Å². The Hall–Kier alpha value is -2.03. The third kappa shape index (κ3) is 14.2. The first kappa shape index (κ1) is 19.0. The molecular weight excluding hydrogens is 278 g/mol. The Morgan fingerprint density at radius 1 is 1.10 bits per heavy atom. The van der Waals surface area contributed by atoms with Crippen LogP contribution in [0.3, 0.4) is 0 Å². The Morgan fingerprint density at radius 2 is 1.67 bits per heavy atom. The second kappa shape index (κ2) is 9.81. The summed E-state index contributed by atoms with van der Waals surface area (Å²) in [5.41, 5.74) is 12.0. The molecule has 0 bridgehead atoms. The van der Waals surface area contributed by atoms with Crippen molar-refractivity contribution in [2.45, 2.75) is 25.7 Å². The van der Waals surface area contributed by atoms with Gasteiger partial charge in [-0.15, -0.1) is 10.7 Å². The number of unbranched alkanes of at least 4 members (excludes halogenated alkanes) is 1. The van der Waals surface area contributed by atoms with E-state index >= 15 is 0 Å². The van der Waals surface area contributed by atoms with Crippen LogP contribution in [0.4, 0.5) is 0 Å². The van der Waals surface area contributed by atoms with Gasteiger partial charge in [0.2, 0.25) is 5.96 Å². The largest absolute Gasteiger partial charge is 0.460 e. The highest BCUT2D eigenvalue weighted by Gasteiger charge is 2.10. The Labute approximate surface area is 124 Å². The van der Waals surface area contributed by atoms with Crippen LogP contribution in [-0.4, -0.2) is 56.7 Å². The fourth-order valence-electron chi connectivity index (χ4n) is 1.22. The number of likely N-dealkylation sites (N-methyl/N-ethyl adjacent to an activating group) is 1. The van der Waals surface area contributed by atoms with Gasteiger partial charge in [-0.1, -0.05) is 0 Å². The van der Waals surface area contributed by atoms with E-state index in [1.165, 1.54) is 0 Å². The summed E-state index contributed by atoms with van der Waals surface area (Å²) < 4.78 is 5.83. The zero-order valence-electron chi connectivity index (χ0n) is 12.9. The Kier molecular flexibility index (Phi) is 8.86. The van der Waals surface area contributed by atoms with Crippen molar-refractivity contribution in [3.8, 4) is 0 Å². The molecule has 0 saturated heterocycles. The van der Waals surface area contributed by atoms with Crippen LogP contribution in [0.2, 0.25) is 0 Å². The van der Waals surface area contributed by atoms with Crippen LogP contribution in [-0.2, 0) is 19.2 Å². The molecule has 0 radical (unpaired) electrons. The van der Waals surface area contributed by atoms with Gasteiger partial charge in [0.1, 0.15) is 13.2 Å². The van der Waals surface area contributed by atoms with Gasteiger partial charge in [0.25, 0.3) is 0 Å². The van der Waals surface area contributed by atoms with Crippen LogP contribution < -0.4 is 17.1 Å². The summed E-state index contributed by atoms with van der Waals surface area (Å²) in [6.45, 7) is 1.15. The van der Waals surface area contributed by atoms with Crippen LogP contribution in [0.15, 0.2) is 5.10 Å². The average Bonchev–Trinajstić information content (AvgIpc) is 2.32. The number of nitrogens with one attached hydrogen (secondary N) is 1. The number of hydrogen-bond acceptors (Lipinski definition) is 6. The van der Waals surface area contributed by atoms with E-state index in [0.717, 1.165) is 11.0 Å². The number of nitrogens with zero attached hydrogens (tertiary/aromatic N) is 2. The van der Waals surface area contributed by atoms with E-state index in [1.54, 1.807) is 0 Å². The summed E-state index contributed by atoms with van der Waals surface area (Å²) in [6.07, 6.45) is 1.53. The van der Waals surface area contributed by atoms with Crippen molar-refractivity contribution in [3.63, 3.8) is 0 Å². The van der Waals surface area contributed by atoms with Crippen molar-refractivity contribution in [3.05, 3.63) is 0 Å². The van der Waals surface area contributed by atoms with E-state index < -0.39 is 5.97 Å². The van der Waals surface area contributed by atoms with Crippen molar-refractivity contribution in [1.29, 1.82) is 0 Å². The lowest BCUT2D eigenvalue weighted by Gasteiger charge is -2.23. The Morgan fingerprint density at radius 3 is 2.19 bits per heavy atom. The third-order valence-electron chi connectivity index (χ3n) is 2.37. The molecule has 0 unspecified atom stereocenters. The Bertz CT molecular complexity index is 361. The number of hydrogen-bond donors (Lipinski definition) is 3. The first-order valence-corrected chi connectivity index (χ1v) is 6.70. The number of guanidine groups is 1. The number of esters is 1. The minimum atomic E-state index is -0.501. The van der Waals surface area contributed by atoms with Crippen LogP contribution in [0.1, 0.15) is 25.7 Å². The van der Waals surface area contributed by atoms with Crippen LogP contribution in [0.25, 0.3) is 0 Å². The average molecular weight is 304 g/mol. The molecule has 5 N–H and O–H groups in total. The summed E-state index contributed by atoms with van der Waals surface area (Å²) in [7, 11) is 6.07. The van der Waals surface area contributed by atoms with Gasteiger partial charge >= 0.3 is 11.9 Å². The molecule has 0 amide bonds. The van der Waals surface area contributed by atoms with E-state index in [0.29, 0.717) is 19.4 Å². The predicted octanol–water partition coefficient (Wildman–Crippen LogP) is -0.968. The summed E-state index contributed by atoms with van der Waals surface area (Å²) >= 11 is 0. The van der Waals surface area contributed by atoms with E-state index in [2.05, 4.69) is 9.94 Å². The summed E-state index contributed by atoms with van der Waals surface area (Å²) in [5.74, 6) is -0.992. The van der Waals surface area contributed by atoms with Gasteiger partial charge < -0.3 is 25.5 Å². The quantitative estimate of drug-likeness (QED) is 0.118. The molecule has 0 aromatic carbocycles. The van der Waals surface area contributed by atoms with Crippen molar-refractivity contribution in [1.82, 2.24) is 5.59 Å². The third-order valence-corrected chi connectivity index (χ3v) is 2.37. The highest BCUT2D eigenvalue weighted by atomic mass is 16.7. The second-order valence-corrected chi connectivity index (χ2v) is 5.54. The summed E-state index contributed by atoms with van der Waals surface area (Å²) in [4.78, 5) is 27.1. The molecule has 0 spiro atoms. The predicted molar refractivity (Wildman–Crippen MR) is 77.4 cm³/mol. The number of ether oxygens (including phenoxy) is 1. The number of carbonyl (C=O) groups is 2. The number of carbonyl (C=O) groups excluding carboxylic acids is 2. The highest BCUT2D eigenvalue weighted by Crippen LogP contribution is 2.02. The van der Waals surface area contributed by atoms with Crippen LogP contribution in [0, 0.1) is 0 Å². The molecule has 0 atom stereocenters. The number of rotatable bonds is 10. The summed E-state index contributed by atoms with van der Waals surface area (Å²) in [5, 5.41) is 3.28. The fourth-order valence-corrected chi connectivity index (χ4v) is 1.22. The lowest BCUT2D eigenvalue weighted by Crippen LogP contribution is -2.38. The first-order chi connectivity index (χ1) is 9.70. The minimum absolute atomic E-state index is 0.166. The molecule has 0 aliphatic rings. The maximum absolute atomic E-state index is 11.4. The number of hydrazone groups is 1. The highest BCUT2D eigenvalue weighted by molar-refractivity contribution is 5.75. The molecule has 0 aromatic heterocycles. The number of nitrogens with two attached hydrogens (primary N) is 2. The van der Waals surface area contributed by atoms with Gasteiger partial charge in [-0.25, -0.2) is 4.79 Å². The molecule has 0 aliphatic heterocycles. The molecule has 122 valence electrons. The van der Waals surface area contributed by atoms with Crippen LogP contribution in [0.5, 0.6) is 0 Å². The van der Waals surface area contributed by atoms with E-state index in [4.69, 9.17) is 16.2 Å². The lowest BCUT2D eigenvalue weighted by atomic mass is 10.2. The molecule has 9 nitrogen and oxygen atoms in total. The van der Waals surface area contributed by atoms with Crippen LogP contribution >= 0.6 is 0 Å². The van der Waals surface area contributed by atoms with Gasteiger partial charge in [0.05, 0.1) is 21.1 Å². The maximum atomic E-state index is 11.4. The normalized spacial score (nSPS) is 10.6. The summed E-state index contributed by atoms with van der Waals surface area (Å²) in [6, 6.07) is 0.